The SMILES string of the molecule is COc1cccc(NC(=O)C[C@@H]2C[C@H]3CC[C@@H]2C3)c1. The van der Waals surface area contributed by atoms with E-state index in [2.05, 4.69) is 5.32 Å². The van der Waals surface area contributed by atoms with Crippen LogP contribution in [0.15, 0.2) is 24.3 Å². The molecule has 2 fully saturated rings. The standard InChI is InChI=1S/C16H21NO2/c1-19-15-4-2-3-14(10-15)17-16(18)9-13-8-11-5-6-12(13)7-11/h2-4,10-13H,5-9H2,1H3,(H,17,18)/t11-,12+,13-/m0/s1. The van der Waals surface area contributed by atoms with Gasteiger partial charge in [-0.25, -0.2) is 0 Å². The lowest BCUT2D eigenvalue weighted by Crippen LogP contribution is -2.20. The molecule has 2 aliphatic rings. The summed E-state index contributed by atoms with van der Waals surface area (Å²) in [6, 6.07) is 7.54. The molecule has 0 spiro atoms. The van der Waals surface area contributed by atoms with Crippen molar-refractivity contribution in [1.29, 1.82) is 0 Å². The molecule has 1 aromatic carbocycles. The molecule has 2 aliphatic carbocycles. The Bertz CT molecular complexity index is 472. The fraction of sp³-hybridized carbons (Fsp3) is 0.562. The Morgan fingerprint density at radius 2 is 2.26 bits per heavy atom. The van der Waals surface area contributed by atoms with Crippen LogP contribution in [0.3, 0.4) is 0 Å². The van der Waals surface area contributed by atoms with Crippen LogP contribution in [0.5, 0.6) is 5.75 Å². The first-order chi connectivity index (χ1) is 9.24. The molecule has 0 heterocycles. The number of nitrogens with one attached hydrogen (secondary N) is 1. The summed E-state index contributed by atoms with van der Waals surface area (Å²) in [6.45, 7) is 0. The van der Waals surface area contributed by atoms with Crippen molar-refractivity contribution in [3.63, 3.8) is 0 Å². The minimum Gasteiger partial charge on any atom is -0.497 e. The normalized spacial score (nSPS) is 28.4. The lowest BCUT2D eigenvalue weighted by atomic mass is 9.86. The number of fused-ring (bicyclic) bond motifs is 2. The number of anilines is 1. The van der Waals surface area contributed by atoms with E-state index in [4.69, 9.17) is 4.74 Å². The summed E-state index contributed by atoms with van der Waals surface area (Å²) in [5.74, 6) is 3.24. The zero-order valence-electron chi connectivity index (χ0n) is 11.4. The second-order valence-corrected chi connectivity index (χ2v) is 5.92. The fourth-order valence-electron chi connectivity index (χ4n) is 3.78. The number of carbonyl (C=O) groups excluding carboxylic acids is 1. The molecule has 3 heteroatoms. The number of ether oxygens (including phenoxy) is 1. The van der Waals surface area contributed by atoms with Crippen LogP contribution in [0.25, 0.3) is 0 Å². The summed E-state index contributed by atoms with van der Waals surface area (Å²) >= 11 is 0. The van der Waals surface area contributed by atoms with Crippen LogP contribution in [0.4, 0.5) is 5.69 Å². The maximum absolute atomic E-state index is 12.1. The first kappa shape index (κ1) is 12.5. The third-order valence-electron chi connectivity index (χ3n) is 4.69. The van der Waals surface area contributed by atoms with Gasteiger partial charge in [0.2, 0.25) is 5.91 Å². The van der Waals surface area contributed by atoms with E-state index < -0.39 is 0 Å². The van der Waals surface area contributed by atoms with Crippen LogP contribution in [0.1, 0.15) is 32.1 Å². The molecule has 0 saturated heterocycles. The molecule has 1 amide bonds. The second kappa shape index (κ2) is 5.24. The van der Waals surface area contributed by atoms with Crippen molar-refractivity contribution in [1.82, 2.24) is 0 Å². The number of amides is 1. The number of methoxy groups -OCH3 is 1. The summed E-state index contributed by atoms with van der Waals surface area (Å²) in [7, 11) is 1.64. The van der Waals surface area contributed by atoms with Gasteiger partial charge in [-0.05, 0) is 49.1 Å². The van der Waals surface area contributed by atoms with Gasteiger partial charge in [0.25, 0.3) is 0 Å². The molecule has 0 aromatic heterocycles. The van der Waals surface area contributed by atoms with Crippen molar-refractivity contribution in [3.05, 3.63) is 24.3 Å². The fourth-order valence-corrected chi connectivity index (χ4v) is 3.78. The summed E-state index contributed by atoms with van der Waals surface area (Å²) < 4.78 is 5.16. The molecule has 3 atom stereocenters. The van der Waals surface area contributed by atoms with Crippen LogP contribution in [-0.4, -0.2) is 13.0 Å². The van der Waals surface area contributed by atoms with Crippen molar-refractivity contribution in [3.8, 4) is 5.75 Å². The van der Waals surface area contributed by atoms with Crippen molar-refractivity contribution < 1.29 is 9.53 Å². The predicted octanol–water partition coefficient (Wildman–Crippen LogP) is 3.46. The quantitative estimate of drug-likeness (QED) is 0.899. The van der Waals surface area contributed by atoms with Crippen molar-refractivity contribution in [2.24, 2.45) is 17.8 Å². The summed E-state index contributed by atoms with van der Waals surface area (Å²) in [4.78, 5) is 12.1. The summed E-state index contributed by atoms with van der Waals surface area (Å²) in [6.07, 6.45) is 6.02. The highest BCUT2D eigenvalue weighted by Crippen LogP contribution is 2.49. The van der Waals surface area contributed by atoms with Gasteiger partial charge in [0.15, 0.2) is 0 Å². The Morgan fingerprint density at radius 1 is 1.37 bits per heavy atom. The summed E-state index contributed by atoms with van der Waals surface area (Å²) in [5, 5.41) is 2.98. The van der Waals surface area contributed by atoms with Gasteiger partial charge < -0.3 is 10.1 Å². The Morgan fingerprint density at radius 3 is 2.95 bits per heavy atom. The lowest BCUT2D eigenvalue weighted by molar-refractivity contribution is -0.117. The maximum Gasteiger partial charge on any atom is 0.224 e. The number of rotatable bonds is 4. The Labute approximate surface area is 114 Å². The largest absolute Gasteiger partial charge is 0.497 e. The van der Waals surface area contributed by atoms with Gasteiger partial charge in [-0.3, -0.25) is 4.79 Å². The summed E-state index contributed by atoms with van der Waals surface area (Å²) in [5.41, 5.74) is 0.826. The van der Waals surface area contributed by atoms with Gasteiger partial charge in [0.1, 0.15) is 5.75 Å². The van der Waals surface area contributed by atoms with Gasteiger partial charge in [0, 0.05) is 18.2 Å². The van der Waals surface area contributed by atoms with Gasteiger partial charge in [-0.1, -0.05) is 12.5 Å². The third kappa shape index (κ3) is 2.75. The molecule has 0 aliphatic heterocycles. The lowest BCUT2D eigenvalue weighted by Gasteiger charge is -2.20. The van der Waals surface area contributed by atoms with E-state index in [9.17, 15) is 4.79 Å². The molecular formula is C16H21NO2. The molecule has 0 radical (unpaired) electrons. The molecule has 1 aromatic rings. The molecule has 2 bridgehead atoms. The van der Waals surface area contributed by atoms with E-state index in [1.54, 1.807) is 7.11 Å². The number of carbonyl (C=O) groups is 1. The van der Waals surface area contributed by atoms with Gasteiger partial charge in [-0.2, -0.15) is 0 Å². The highest BCUT2D eigenvalue weighted by molar-refractivity contribution is 5.91. The first-order valence-corrected chi connectivity index (χ1v) is 7.18. The highest BCUT2D eigenvalue weighted by atomic mass is 16.5. The van der Waals surface area contributed by atoms with Crippen LogP contribution in [-0.2, 0) is 4.79 Å². The highest BCUT2D eigenvalue weighted by Gasteiger charge is 2.40. The van der Waals surface area contributed by atoms with E-state index in [1.807, 2.05) is 24.3 Å². The van der Waals surface area contributed by atoms with E-state index in [-0.39, 0.29) is 5.91 Å². The minimum atomic E-state index is 0.144. The maximum atomic E-state index is 12.1. The molecular weight excluding hydrogens is 238 g/mol. The van der Waals surface area contributed by atoms with Crippen LogP contribution in [0, 0.1) is 17.8 Å². The van der Waals surface area contributed by atoms with Crippen LogP contribution >= 0.6 is 0 Å². The number of hydrogen-bond acceptors (Lipinski definition) is 2. The Balaban J connectivity index is 1.56. The van der Waals surface area contributed by atoms with Gasteiger partial charge >= 0.3 is 0 Å². The molecule has 0 unspecified atom stereocenters. The number of benzene rings is 1. The topological polar surface area (TPSA) is 38.3 Å². The average Bonchev–Trinajstić information content (AvgIpc) is 3.01. The zero-order valence-corrected chi connectivity index (χ0v) is 11.4. The van der Waals surface area contributed by atoms with Crippen LogP contribution < -0.4 is 10.1 Å². The van der Waals surface area contributed by atoms with Gasteiger partial charge in [0.05, 0.1) is 7.11 Å². The van der Waals surface area contributed by atoms with E-state index >= 15 is 0 Å². The zero-order chi connectivity index (χ0) is 13.2. The number of hydrogen-bond donors (Lipinski definition) is 1. The van der Waals surface area contributed by atoms with Crippen molar-refractivity contribution >= 4 is 11.6 Å². The van der Waals surface area contributed by atoms with E-state index in [0.29, 0.717) is 12.3 Å². The van der Waals surface area contributed by atoms with Crippen molar-refractivity contribution in [2.75, 3.05) is 12.4 Å². The molecule has 2 saturated carbocycles. The Hall–Kier alpha value is -1.51. The molecule has 3 nitrogen and oxygen atoms in total. The van der Waals surface area contributed by atoms with Crippen LogP contribution in [0.2, 0.25) is 0 Å². The van der Waals surface area contributed by atoms with Crippen molar-refractivity contribution in [2.45, 2.75) is 32.1 Å². The molecule has 1 N–H and O–H groups in total. The molecule has 102 valence electrons. The minimum absolute atomic E-state index is 0.144. The second-order valence-electron chi connectivity index (χ2n) is 5.92. The molecule has 3 rings (SSSR count). The Kier molecular flexibility index (Phi) is 3.45. The van der Waals surface area contributed by atoms with E-state index in [0.717, 1.165) is 23.3 Å². The van der Waals surface area contributed by atoms with Gasteiger partial charge in [-0.15, -0.1) is 0 Å². The predicted molar refractivity (Wildman–Crippen MR) is 75.2 cm³/mol. The average molecular weight is 259 g/mol. The first-order valence-electron chi connectivity index (χ1n) is 7.18. The molecule has 19 heavy (non-hydrogen) atoms. The van der Waals surface area contributed by atoms with E-state index in [1.165, 1.54) is 25.7 Å². The third-order valence-corrected chi connectivity index (χ3v) is 4.69. The smallest absolute Gasteiger partial charge is 0.224 e. The monoisotopic (exact) mass is 259 g/mol.